The molecule has 0 saturated carbocycles. The second kappa shape index (κ2) is 7.26. The number of benzene rings is 2. The summed E-state index contributed by atoms with van der Waals surface area (Å²) in [6.45, 7) is 4.39. The summed E-state index contributed by atoms with van der Waals surface area (Å²) in [4.78, 5) is 12.0. The van der Waals surface area contributed by atoms with Crippen LogP contribution in [0.2, 0.25) is 0 Å². The van der Waals surface area contributed by atoms with E-state index in [4.69, 9.17) is 10.5 Å². The summed E-state index contributed by atoms with van der Waals surface area (Å²) in [5.41, 5.74) is 10.7. The molecular formula is C17H19N3O2. The van der Waals surface area contributed by atoms with Crippen LogP contribution in [0.3, 0.4) is 0 Å². The zero-order chi connectivity index (χ0) is 15.9. The van der Waals surface area contributed by atoms with Crippen molar-refractivity contribution in [3.8, 4) is 5.75 Å². The topological polar surface area (TPSA) is 76.7 Å². The molecule has 0 fully saturated rings. The maximum atomic E-state index is 12.0. The second-order valence-corrected chi connectivity index (χ2v) is 4.68. The Bertz CT molecular complexity index is 679. The number of para-hydroxylation sites is 1. The number of nitrogens with zero attached hydrogens (tertiary/aromatic N) is 1. The molecule has 0 atom stereocenters. The molecule has 5 nitrogen and oxygen atoms in total. The molecule has 0 unspecified atom stereocenters. The summed E-state index contributed by atoms with van der Waals surface area (Å²) in [5.74, 6) is 0.475. The van der Waals surface area contributed by atoms with Crippen molar-refractivity contribution in [3.05, 3.63) is 59.7 Å². The van der Waals surface area contributed by atoms with Gasteiger partial charge in [-0.15, -0.1) is 0 Å². The molecule has 2 rings (SSSR count). The van der Waals surface area contributed by atoms with Gasteiger partial charge in [0, 0.05) is 5.69 Å². The molecule has 2 aromatic rings. The van der Waals surface area contributed by atoms with Gasteiger partial charge in [0.1, 0.15) is 5.75 Å². The van der Waals surface area contributed by atoms with Gasteiger partial charge in [-0.2, -0.15) is 5.10 Å². The molecule has 2 aromatic carbocycles. The van der Waals surface area contributed by atoms with E-state index in [2.05, 4.69) is 10.5 Å². The number of nitrogen functional groups attached to an aromatic ring is 1. The average molecular weight is 297 g/mol. The highest BCUT2D eigenvalue weighted by Gasteiger charge is 2.08. The van der Waals surface area contributed by atoms with E-state index >= 15 is 0 Å². The zero-order valence-electron chi connectivity index (χ0n) is 12.7. The van der Waals surface area contributed by atoms with Gasteiger partial charge in [0.25, 0.3) is 5.91 Å². The molecule has 0 heterocycles. The number of nitrogens with two attached hydrogens (primary N) is 1. The standard InChI is InChI=1S/C17H19N3O2/c1-3-22-14-10-8-13(9-11-14)12(2)19-20-17(21)15-6-4-5-7-16(15)18/h4-11H,3,18H2,1-2H3,(H,20,21)/b19-12+. The quantitative estimate of drug-likeness (QED) is 0.506. The fraction of sp³-hybridized carbons (Fsp3) is 0.176. The predicted molar refractivity (Wildman–Crippen MR) is 88.1 cm³/mol. The third-order valence-electron chi connectivity index (χ3n) is 3.11. The highest BCUT2D eigenvalue weighted by Crippen LogP contribution is 2.13. The molecule has 0 radical (unpaired) electrons. The van der Waals surface area contributed by atoms with E-state index < -0.39 is 0 Å². The van der Waals surface area contributed by atoms with Gasteiger partial charge in [-0.3, -0.25) is 4.79 Å². The minimum Gasteiger partial charge on any atom is -0.494 e. The normalized spacial score (nSPS) is 11.1. The Kier molecular flexibility index (Phi) is 5.14. The van der Waals surface area contributed by atoms with Gasteiger partial charge in [-0.1, -0.05) is 12.1 Å². The van der Waals surface area contributed by atoms with Crippen molar-refractivity contribution in [2.24, 2.45) is 5.10 Å². The van der Waals surface area contributed by atoms with Crippen LogP contribution in [0, 0.1) is 0 Å². The summed E-state index contributed by atoms with van der Waals surface area (Å²) in [7, 11) is 0. The Hall–Kier alpha value is -2.82. The van der Waals surface area contributed by atoms with Gasteiger partial charge in [0.15, 0.2) is 0 Å². The van der Waals surface area contributed by atoms with Crippen LogP contribution in [0.25, 0.3) is 0 Å². The Morgan fingerprint density at radius 2 is 1.86 bits per heavy atom. The Morgan fingerprint density at radius 3 is 2.50 bits per heavy atom. The van der Waals surface area contributed by atoms with Gasteiger partial charge in [0.05, 0.1) is 17.9 Å². The predicted octanol–water partition coefficient (Wildman–Crippen LogP) is 2.82. The highest BCUT2D eigenvalue weighted by atomic mass is 16.5. The lowest BCUT2D eigenvalue weighted by atomic mass is 10.1. The molecule has 0 aliphatic rings. The van der Waals surface area contributed by atoms with Crippen molar-refractivity contribution in [2.45, 2.75) is 13.8 Å². The molecule has 0 aliphatic heterocycles. The van der Waals surface area contributed by atoms with E-state index in [0.29, 0.717) is 23.6 Å². The third-order valence-corrected chi connectivity index (χ3v) is 3.11. The minimum atomic E-state index is -0.330. The Morgan fingerprint density at radius 1 is 1.18 bits per heavy atom. The molecule has 1 amide bonds. The molecule has 0 aromatic heterocycles. The number of nitrogens with one attached hydrogen (secondary N) is 1. The maximum Gasteiger partial charge on any atom is 0.273 e. The summed E-state index contributed by atoms with van der Waals surface area (Å²) >= 11 is 0. The van der Waals surface area contributed by atoms with Crippen molar-refractivity contribution in [1.29, 1.82) is 0 Å². The first-order chi connectivity index (χ1) is 10.6. The second-order valence-electron chi connectivity index (χ2n) is 4.68. The minimum absolute atomic E-state index is 0.330. The first kappa shape index (κ1) is 15.6. The number of hydrogen-bond acceptors (Lipinski definition) is 4. The van der Waals surface area contributed by atoms with Crippen LogP contribution in [0.1, 0.15) is 29.8 Å². The lowest BCUT2D eigenvalue weighted by molar-refractivity contribution is 0.0955. The molecular weight excluding hydrogens is 278 g/mol. The van der Waals surface area contributed by atoms with Crippen molar-refractivity contribution in [3.63, 3.8) is 0 Å². The average Bonchev–Trinajstić information content (AvgIpc) is 2.54. The van der Waals surface area contributed by atoms with Crippen LogP contribution < -0.4 is 15.9 Å². The SMILES string of the molecule is CCOc1ccc(/C(C)=N/NC(=O)c2ccccc2N)cc1. The summed E-state index contributed by atoms with van der Waals surface area (Å²) in [5, 5.41) is 4.11. The van der Waals surface area contributed by atoms with E-state index in [-0.39, 0.29) is 5.91 Å². The number of hydrazone groups is 1. The Labute approximate surface area is 129 Å². The van der Waals surface area contributed by atoms with Gasteiger partial charge < -0.3 is 10.5 Å². The fourth-order valence-corrected chi connectivity index (χ4v) is 1.92. The first-order valence-electron chi connectivity index (χ1n) is 7.04. The third kappa shape index (κ3) is 3.85. The molecule has 3 N–H and O–H groups in total. The first-order valence-corrected chi connectivity index (χ1v) is 7.04. The summed E-state index contributed by atoms with van der Waals surface area (Å²) in [6, 6.07) is 14.4. The summed E-state index contributed by atoms with van der Waals surface area (Å²) in [6.07, 6.45) is 0. The van der Waals surface area contributed by atoms with Crippen LogP contribution in [0.5, 0.6) is 5.75 Å². The highest BCUT2D eigenvalue weighted by molar-refractivity contribution is 6.02. The smallest absolute Gasteiger partial charge is 0.273 e. The van der Waals surface area contributed by atoms with Crippen molar-refractivity contribution >= 4 is 17.3 Å². The van der Waals surface area contributed by atoms with Gasteiger partial charge in [-0.25, -0.2) is 5.43 Å². The molecule has 114 valence electrons. The molecule has 0 saturated heterocycles. The van der Waals surface area contributed by atoms with Crippen molar-refractivity contribution < 1.29 is 9.53 Å². The molecule has 0 aliphatic carbocycles. The van der Waals surface area contributed by atoms with Crippen LogP contribution in [-0.4, -0.2) is 18.2 Å². The lowest BCUT2D eigenvalue weighted by Crippen LogP contribution is -2.20. The molecule has 22 heavy (non-hydrogen) atoms. The maximum absolute atomic E-state index is 12.0. The Balaban J connectivity index is 2.06. The van der Waals surface area contributed by atoms with E-state index in [9.17, 15) is 4.79 Å². The van der Waals surface area contributed by atoms with Crippen LogP contribution in [-0.2, 0) is 0 Å². The molecule has 0 spiro atoms. The number of anilines is 1. The van der Waals surface area contributed by atoms with Crippen LogP contribution in [0.15, 0.2) is 53.6 Å². The number of carbonyl (C=O) groups excluding carboxylic acids is 1. The number of rotatable bonds is 5. The van der Waals surface area contributed by atoms with Gasteiger partial charge in [-0.05, 0) is 55.8 Å². The van der Waals surface area contributed by atoms with Gasteiger partial charge in [0.2, 0.25) is 0 Å². The van der Waals surface area contributed by atoms with E-state index in [0.717, 1.165) is 11.3 Å². The number of carbonyl (C=O) groups is 1. The van der Waals surface area contributed by atoms with Crippen molar-refractivity contribution in [1.82, 2.24) is 5.43 Å². The van der Waals surface area contributed by atoms with E-state index in [1.54, 1.807) is 24.3 Å². The van der Waals surface area contributed by atoms with Crippen LogP contribution in [0.4, 0.5) is 5.69 Å². The number of amides is 1. The van der Waals surface area contributed by atoms with Gasteiger partial charge >= 0.3 is 0 Å². The lowest BCUT2D eigenvalue weighted by Gasteiger charge is -2.06. The largest absolute Gasteiger partial charge is 0.494 e. The molecule has 5 heteroatoms. The fourth-order valence-electron chi connectivity index (χ4n) is 1.92. The molecule has 0 bridgehead atoms. The zero-order valence-corrected chi connectivity index (χ0v) is 12.7. The van der Waals surface area contributed by atoms with E-state index in [1.165, 1.54) is 0 Å². The van der Waals surface area contributed by atoms with Crippen LogP contribution >= 0.6 is 0 Å². The van der Waals surface area contributed by atoms with Crippen molar-refractivity contribution in [2.75, 3.05) is 12.3 Å². The number of hydrogen-bond donors (Lipinski definition) is 2. The number of ether oxygens (including phenoxy) is 1. The monoisotopic (exact) mass is 297 g/mol. The summed E-state index contributed by atoms with van der Waals surface area (Å²) < 4.78 is 5.39. The van der Waals surface area contributed by atoms with E-state index in [1.807, 2.05) is 38.1 Å².